The zero-order chi connectivity index (χ0) is 24.4. The van der Waals surface area contributed by atoms with E-state index < -0.39 is 27.5 Å². The first-order valence-corrected chi connectivity index (χ1v) is 12.8. The van der Waals surface area contributed by atoms with Gasteiger partial charge in [0.2, 0.25) is 15.3 Å². The molecular formula is C22H28ClFN4O4S. The van der Waals surface area contributed by atoms with Crippen molar-refractivity contribution in [2.45, 2.75) is 51.8 Å². The van der Waals surface area contributed by atoms with Crippen molar-refractivity contribution in [1.82, 2.24) is 19.2 Å². The van der Waals surface area contributed by atoms with Crippen molar-refractivity contribution in [2.75, 3.05) is 19.3 Å². The van der Waals surface area contributed by atoms with E-state index in [1.165, 1.54) is 16.6 Å². The van der Waals surface area contributed by atoms with E-state index in [1.807, 2.05) is 0 Å². The molecule has 11 heteroatoms. The van der Waals surface area contributed by atoms with Crippen LogP contribution in [0.3, 0.4) is 0 Å². The Morgan fingerprint density at radius 1 is 1.27 bits per heavy atom. The summed E-state index contributed by atoms with van der Waals surface area (Å²) in [7, 11) is -3.64. The van der Waals surface area contributed by atoms with Crippen molar-refractivity contribution in [2.24, 2.45) is 0 Å². The monoisotopic (exact) mass is 498 g/mol. The summed E-state index contributed by atoms with van der Waals surface area (Å²) in [6, 6.07) is 5.69. The summed E-state index contributed by atoms with van der Waals surface area (Å²) >= 11 is 5.86. The number of sulfonamides is 1. The average Bonchev–Trinajstić information content (AvgIpc) is 2.71. The number of aromatic nitrogens is 2. The summed E-state index contributed by atoms with van der Waals surface area (Å²) in [5.74, 6) is -0.515. The lowest BCUT2D eigenvalue weighted by Crippen LogP contribution is -2.49. The van der Waals surface area contributed by atoms with Crippen LogP contribution in [0.5, 0.6) is 0 Å². The lowest BCUT2D eigenvalue weighted by atomic mass is 10.0. The molecule has 180 valence electrons. The fourth-order valence-electron chi connectivity index (χ4n) is 3.70. The summed E-state index contributed by atoms with van der Waals surface area (Å²) in [4.78, 5) is 21.9. The van der Waals surface area contributed by atoms with Gasteiger partial charge in [0.05, 0.1) is 11.9 Å². The number of hydrogen-bond acceptors (Lipinski definition) is 6. The molecular weight excluding hydrogens is 471 g/mol. The van der Waals surface area contributed by atoms with Crippen molar-refractivity contribution >= 4 is 27.7 Å². The molecule has 33 heavy (non-hydrogen) atoms. The van der Waals surface area contributed by atoms with E-state index in [0.29, 0.717) is 37.2 Å². The maximum absolute atomic E-state index is 14.7. The van der Waals surface area contributed by atoms with E-state index >= 15 is 0 Å². The van der Waals surface area contributed by atoms with E-state index in [2.05, 4.69) is 9.97 Å². The van der Waals surface area contributed by atoms with Crippen LogP contribution < -0.4 is 0 Å². The second kappa shape index (κ2) is 9.90. The van der Waals surface area contributed by atoms with Gasteiger partial charge in [0.15, 0.2) is 0 Å². The van der Waals surface area contributed by atoms with Crippen molar-refractivity contribution in [3.05, 3.63) is 47.1 Å². The van der Waals surface area contributed by atoms with Crippen molar-refractivity contribution < 1.29 is 22.3 Å². The molecule has 1 aliphatic rings. The molecule has 0 radical (unpaired) electrons. The number of benzene rings is 1. The molecule has 2 heterocycles. The van der Waals surface area contributed by atoms with Gasteiger partial charge >= 0.3 is 6.09 Å². The van der Waals surface area contributed by atoms with Crippen LogP contribution in [-0.4, -0.2) is 64.7 Å². The molecule has 1 aliphatic heterocycles. The number of amides is 1. The standard InChI is InChI=1S/C22H28ClFN4O4S/c1-22(2,3)32-21(29)27-11-8-17(9-12-27)28(33(4,30)31)14-16-13-15(5-6-18(16)24)19-7-10-25-20(23)26-19/h5-7,10,13,17H,8-9,11-12,14H2,1-4H3. The molecule has 0 atom stereocenters. The fraction of sp³-hybridized carbons (Fsp3) is 0.500. The van der Waals surface area contributed by atoms with Gasteiger partial charge in [0, 0.05) is 43.0 Å². The molecule has 8 nitrogen and oxygen atoms in total. The number of hydrogen-bond donors (Lipinski definition) is 0. The number of halogens is 2. The van der Waals surface area contributed by atoms with Crippen LogP contribution >= 0.6 is 11.6 Å². The predicted octanol–water partition coefficient (Wildman–Crippen LogP) is 4.10. The molecule has 0 unspecified atom stereocenters. The highest BCUT2D eigenvalue weighted by molar-refractivity contribution is 7.88. The predicted molar refractivity (Wildman–Crippen MR) is 124 cm³/mol. The quantitative estimate of drug-likeness (QED) is 0.576. The van der Waals surface area contributed by atoms with Crippen LogP contribution in [0, 0.1) is 5.82 Å². The van der Waals surface area contributed by atoms with E-state index in [1.54, 1.807) is 43.9 Å². The Hall–Kier alpha value is -2.30. The van der Waals surface area contributed by atoms with Crippen LogP contribution in [0.25, 0.3) is 11.3 Å². The van der Waals surface area contributed by atoms with Gasteiger partial charge in [-0.05, 0) is 69.5 Å². The number of rotatable bonds is 5. The average molecular weight is 499 g/mol. The first-order valence-electron chi connectivity index (χ1n) is 10.6. The van der Waals surface area contributed by atoms with Crippen LogP contribution in [0.4, 0.5) is 9.18 Å². The maximum Gasteiger partial charge on any atom is 0.410 e. The molecule has 1 amide bonds. The van der Waals surface area contributed by atoms with Crippen molar-refractivity contribution in [1.29, 1.82) is 0 Å². The zero-order valence-corrected chi connectivity index (χ0v) is 20.7. The topological polar surface area (TPSA) is 92.7 Å². The second-order valence-corrected chi connectivity index (χ2v) is 11.3. The Balaban J connectivity index is 1.78. The Kier molecular flexibility index (Phi) is 7.60. The van der Waals surface area contributed by atoms with Gasteiger partial charge in [-0.1, -0.05) is 0 Å². The van der Waals surface area contributed by atoms with Gasteiger partial charge in [-0.3, -0.25) is 0 Å². The summed E-state index contributed by atoms with van der Waals surface area (Å²) in [5.41, 5.74) is 0.724. The molecule has 0 bridgehead atoms. The molecule has 0 aliphatic carbocycles. The van der Waals surface area contributed by atoms with Gasteiger partial charge in [-0.25, -0.2) is 27.6 Å². The maximum atomic E-state index is 14.7. The Morgan fingerprint density at radius 2 is 1.94 bits per heavy atom. The molecule has 0 N–H and O–H groups in total. The lowest BCUT2D eigenvalue weighted by molar-refractivity contribution is 0.0176. The Labute approximate surface area is 198 Å². The Morgan fingerprint density at radius 3 is 2.52 bits per heavy atom. The van der Waals surface area contributed by atoms with Crippen molar-refractivity contribution in [3.63, 3.8) is 0 Å². The van der Waals surface area contributed by atoms with Crippen LogP contribution in [0.2, 0.25) is 5.28 Å². The minimum Gasteiger partial charge on any atom is -0.444 e. The number of carbonyl (C=O) groups excluding carboxylic acids is 1. The van der Waals surface area contributed by atoms with E-state index in [4.69, 9.17) is 16.3 Å². The van der Waals surface area contributed by atoms with Gasteiger partial charge in [-0.2, -0.15) is 4.31 Å². The van der Waals surface area contributed by atoms with Gasteiger partial charge in [-0.15, -0.1) is 0 Å². The normalized spacial score (nSPS) is 15.7. The zero-order valence-electron chi connectivity index (χ0n) is 19.1. The first kappa shape index (κ1) is 25.3. The SMILES string of the molecule is CC(C)(C)OC(=O)N1CCC(N(Cc2cc(-c3ccnc(Cl)n3)ccc2F)S(C)(=O)=O)CC1. The van der Waals surface area contributed by atoms with E-state index in [9.17, 15) is 17.6 Å². The number of likely N-dealkylation sites (tertiary alicyclic amines) is 1. The first-order chi connectivity index (χ1) is 15.3. The largest absolute Gasteiger partial charge is 0.444 e. The highest BCUT2D eigenvalue weighted by Crippen LogP contribution is 2.26. The third kappa shape index (κ3) is 6.84. The molecule has 2 aromatic rings. The molecule has 0 saturated carbocycles. The minimum atomic E-state index is -3.64. The van der Waals surface area contributed by atoms with E-state index in [0.717, 1.165) is 6.26 Å². The molecule has 1 saturated heterocycles. The number of carbonyl (C=O) groups is 1. The molecule has 1 fully saturated rings. The summed E-state index contributed by atoms with van der Waals surface area (Å²) < 4.78 is 46.6. The van der Waals surface area contributed by atoms with Crippen LogP contribution in [0.15, 0.2) is 30.5 Å². The minimum absolute atomic E-state index is 0.0629. The molecule has 3 rings (SSSR count). The summed E-state index contributed by atoms with van der Waals surface area (Å²) in [6.45, 7) is 5.96. The van der Waals surface area contributed by atoms with Crippen molar-refractivity contribution in [3.8, 4) is 11.3 Å². The molecule has 1 aromatic heterocycles. The third-order valence-electron chi connectivity index (χ3n) is 5.24. The lowest BCUT2D eigenvalue weighted by Gasteiger charge is -2.37. The highest BCUT2D eigenvalue weighted by atomic mass is 35.5. The number of nitrogens with zero attached hydrogens (tertiary/aromatic N) is 4. The number of ether oxygens (including phenoxy) is 1. The highest BCUT2D eigenvalue weighted by Gasteiger charge is 2.33. The summed E-state index contributed by atoms with van der Waals surface area (Å²) in [5, 5.41) is 0.0629. The summed E-state index contributed by atoms with van der Waals surface area (Å²) in [6.07, 6.45) is 3.03. The molecule has 0 spiro atoms. The van der Waals surface area contributed by atoms with E-state index in [-0.39, 0.29) is 23.4 Å². The van der Waals surface area contributed by atoms with Crippen LogP contribution in [0.1, 0.15) is 39.2 Å². The van der Waals surface area contributed by atoms with Gasteiger partial charge in [0.1, 0.15) is 11.4 Å². The number of piperidine rings is 1. The smallest absolute Gasteiger partial charge is 0.410 e. The van der Waals surface area contributed by atoms with Gasteiger partial charge in [0.25, 0.3) is 0 Å². The fourth-order valence-corrected chi connectivity index (χ4v) is 4.97. The molecule has 1 aromatic carbocycles. The third-order valence-corrected chi connectivity index (χ3v) is 6.70. The van der Waals surface area contributed by atoms with Gasteiger partial charge < -0.3 is 9.64 Å². The Bertz CT molecular complexity index is 1120. The van der Waals surface area contributed by atoms with Crippen LogP contribution in [-0.2, 0) is 21.3 Å². The second-order valence-electron chi connectivity index (χ2n) is 9.02.